The fraction of sp³-hybridized carbons (Fsp3) is 0.174. The fourth-order valence-corrected chi connectivity index (χ4v) is 4.85. The van der Waals surface area contributed by atoms with E-state index in [2.05, 4.69) is 26.2 Å². The molecule has 0 aliphatic carbocycles. The summed E-state index contributed by atoms with van der Waals surface area (Å²) in [5.41, 5.74) is 2.10. The van der Waals surface area contributed by atoms with Crippen LogP contribution in [0.2, 0.25) is 0 Å². The van der Waals surface area contributed by atoms with Gasteiger partial charge in [-0.15, -0.1) is 11.3 Å². The maximum absolute atomic E-state index is 13.5. The van der Waals surface area contributed by atoms with Gasteiger partial charge in [-0.2, -0.15) is 0 Å². The number of aromatic hydroxyl groups is 1. The van der Waals surface area contributed by atoms with Crippen LogP contribution in [0.3, 0.4) is 0 Å². The molecule has 0 bridgehead atoms. The Kier molecular flexibility index (Phi) is 5.93. The zero-order chi connectivity index (χ0) is 22.1. The molecule has 2 aromatic carbocycles. The predicted molar refractivity (Wildman–Crippen MR) is 128 cm³/mol. The van der Waals surface area contributed by atoms with E-state index in [9.17, 15) is 14.7 Å². The minimum Gasteiger partial charge on any atom is -0.508 e. The third-order valence-corrected chi connectivity index (χ3v) is 6.65. The topological polar surface area (TPSA) is 84.2 Å². The molecule has 1 amide bonds. The minimum atomic E-state index is -0.712. The Bertz CT molecular complexity index is 1310. The van der Waals surface area contributed by atoms with Crippen LogP contribution in [0.15, 0.2) is 64.1 Å². The number of benzene rings is 2. The molecule has 31 heavy (non-hydrogen) atoms. The van der Waals surface area contributed by atoms with E-state index in [0.717, 1.165) is 20.5 Å². The summed E-state index contributed by atoms with van der Waals surface area (Å²) in [4.78, 5) is 32.6. The monoisotopic (exact) mass is 497 g/mol. The second kappa shape index (κ2) is 8.64. The van der Waals surface area contributed by atoms with E-state index in [1.807, 2.05) is 38.1 Å². The second-order valence-corrected chi connectivity index (χ2v) is 9.26. The standard InChI is InChI=1S/C23H20BrN3O3S/c1-3-18(21(29)26-16-8-10-17(28)11-9-16)27-12-25-22-20(23(27)30)19(13(2)31-22)14-4-6-15(24)7-5-14/h4-12,18,28H,3H2,1-2H3,(H,26,29). The number of phenolic OH excluding ortho intramolecular Hbond substituents is 1. The smallest absolute Gasteiger partial charge is 0.263 e. The maximum atomic E-state index is 13.5. The molecule has 0 aliphatic rings. The fourth-order valence-electron chi connectivity index (χ4n) is 3.58. The van der Waals surface area contributed by atoms with Crippen LogP contribution in [-0.2, 0) is 4.79 Å². The summed E-state index contributed by atoms with van der Waals surface area (Å²) in [6, 6.07) is 13.3. The zero-order valence-corrected chi connectivity index (χ0v) is 19.3. The molecule has 0 saturated heterocycles. The summed E-state index contributed by atoms with van der Waals surface area (Å²) in [6.07, 6.45) is 1.88. The second-order valence-electron chi connectivity index (χ2n) is 7.14. The lowest BCUT2D eigenvalue weighted by Gasteiger charge is -2.18. The number of anilines is 1. The first-order chi connectivity index (χ1) is 14.9. The Morgan fingerprint density at radius 3 is 2.52 bits per heavy atom. The molecule has 6 nitrogen and oxygen atoms in total. The van der Waals surface area contributed by atoms with Crippen LogP contribution in [0.5, 0.6) is 5.75 Å². The molecule has 2 heterocycles. The number of nitrogens with one attached hydrogen (secondary N) is 1. The molecule has 2 N–H and O–H groups in total. The van der Waals surface area contributed by atoms with Gasteiger partial charge in [0.25, 0.3) is 5.56 Å². The highest BCUT2D eigenvalue weighted by Gasteiger charge is 2.24. The van der Waals surface area contributed by atoms with Crippen molar-refractivity contribution < 1.29 is 9.90 Å². The molecular formula is C23H20BrN3O3S. The van der Waals surface area contributed by atoms with Gasteiger partial charge in [-0.05, 0) is 55.3 Å². The molecule has 0 spiro atoms. The van der Waals surface area contributed by atoms with Gasteiger partial charge < -0.3 is 10.4 Å². The summed E-state index contributed by atoms with van der Waals surface area (Å²) in [6.45, 7) is 3.83. The molecule has 0 saturated carbocycles. The van der Waals surface area contributed by atoms with Crippen molar-refractivity contribution in [2.24, 2.45) is 0 Å². The molecule has 0 aliphatic heterocycles. The van der Waals surface area contributed by atoms with Crippen molar-refractivity contribution >= 4 is 49.1 Å². The number of halogens is 1. The first-order valence-corrected chi connectivity index (χ1v) is 11.4. The number of aryl methyl sites for hydroxylation is 1. The number of carbonyl (C=O) groups is 1. The summed E-state index contributed by atoms with van der Waals surface area (Å²) in [5, 5.41) is 12.8. The van der Waals surface area contributed by atoms with Crippen LogP contribution in [-0.4, -0.2) is 20.6 Å². The number of amides is 1. The van der Waals surface area contributed by atoms with Crippen molar-refractivity contribution in [2.75, 3.05) is 5.32 Å². The molecule has 4 aromatic rings. The number of hydrogen-bond acceptors (Lipinski definition) is 5. The van der Waals surface area contributed by atoms with Crippen molar-refractivity contribution in [1.82, 2.24) is 9.55 Å². The summed E-state index contributed by atoms with van der Waals surface area (Å²) < 4.78 is 2.37. The Labute approximate surface area is 191 Å². The van der Waals surface area contributed by atoms with Crippen molar-refractivity contribution in [1.29, 1.82) is 0 Å². The Morgan fingerprint density at radius 2 is 1.87 bits per heavy atom. The largest absolute Gasteiger partial charge is 0.508 e. The SMILES string of the molecule is CCC(C(=O)Nc1ccc(O)cc1)n1cnc2sc(C)c(-c3ccc(Br)cc3)c2c1=O. The molecule has 0 radical (unpaired) electrons. The highest BCUT2D eigenvalue weighted by molar-refractivity contribution is 9.10. The van der Waals surface area contributed by atoms with Crippen molar-refractivity contribution in [3.8, 4) is 16.9 Å². The first kappa shape index (κ1) is 21.3. The highest BCUT2D eigenvalue weighted by atomic mass is 79.9. The number of fused-ring (bicyclic) bond motifs is 1. The molecule has 4 rings (SSSR count). The van der Waals surface area contributed by atoms with Crippen molar-refractivity contribution in [3.05, 3.63) is 74.6 Å². The number of thiophene rings is 1. The van der Waals surface area contributed by atoms with Gasteiger partial charge in [0, 0.05) is 20.6 Å². The van der Waals surface area contributed by atoms with Crippen LogP contribution in [0.4, 0.5) is 5.69 Å². The number of hydrogen-bond donors (Lipinski definition) is 2. The molecule has 0 fully saturated rings. The van der Waals surface area contributed by atoms with Crippen molar-refractivity contribution in [3.63, 3.8) is 0 Å². The van der Waals surface area contributed by atoms with Gasteiger partial charge in [0.05, 0.1) is 11.7 Å². The number of nitrogens with zero attached hydrogens (tertiary/aromatic N) is 2. The van der Waals surface area contributed by atoms with E-state index in [1.54, 1.807) is 12.1 Å². The lowest BCUT2D eigenvalue weighted by atomic mass is 10.0. The Balaban J connectivity index is 1.78. The first-order valence-electron chi connectivity index (χ1n) is 9.75. The van der Waals surface area contributed by atoms with Crippen LogP contribution >= 0.6 is 27.3 Å². The van der Waals surface area contributed by atoms with Gasteiger partial charge in [-0.25, -0.2) is 4.98 Å². The quantitative estimate of drug-likeness (QED) is 0.357. The number of rotatable bonds is 5. The van der Waals surface area contributed by atoms with Gasteiger partial charge in [-0.3, -0.25) is 14.2 Å². The van der Waals surface area contributed by atoms with E-state index in [0.29, 0.717) is 22.3 Å². The molecule has 8 heteroatoms. The van der Waals surface area contributed by atoms with Crippen LogP contribution < -0.4 is 10.9 Å². The molecule has 2 aromatic heterocycles. The van der Waals surface area contributed by atoms with Gasteiger partial charge >= 0.3 is 0 Å². The third-order valence-electron chi connectivity index (χ3n) is 5.11. The summed E-state index contributed by atoms with van der Waals surface area (Å²) >= 11 is 4.92. The van der Waals surface area contributed by atoms with E-state index in [-0.39, 0.29) is 17.2 Å². The van der Waals surface area contributed by atoms with Gasteiger partial charge in [0.1, 0.15) is 16.6 Å². The van der Waals surface area contributed by atoms with Gasteiger partial charge in [0.15, 0.2) is 0 Å². The maximum Gasteiger partial charge on any atom is 0.263 e. The number of aromatic nitrogens is 2. The van der Waals surface area contributed by atoms with E-state index in [4.69, 9.17) is 0 Å². The Hall–Kier alpha value is -2.97. The lowest BCUT2D eigenvalue weighted by Crippen LogP contribution is -2.33. The van der Waals surface area contributed by atoms with Crippen LogP contribution in [0, 0.1) is 6.92 Å². The minimum absolute atomic E-state index is 0.115. The van der Waals surface area contributed by atoms with Gasteiger partial charge in [-0.1, -0.05) is 35.0 Å². The van der Waals surface area contributed by atoms with Crippen LogP contribution in [0.1, 0.15) is 24.3 Å². The van der Waals surface area contributed by atoms with Gasteiger partial charge in [0.2, 0.25) is 5.91 Å². The average Bonchev–Trinajstić information content (AvgIpc) is 3.09. The predicted octanol–water partition coefficient (Wildman–Crippen LogP) is 5.49. The molecule has 1 unspecified atom stereocenters. The van der Waals surface area contributed by atoms with E-state index < -0.39 is 6.04 Å². The zero-order valence-electron chi connectivity index (χ0n) is 16.9. The Morgan fingerprint density at radius 1 is 1.19 bits per heavy atom. The molecular weight excluding hydrogens is 478 g/mol. The third kappa shape index (κ3) is 4.13. The summed E-state index contributed by atoms with van der Waals surface area (Å²) in [5.74, 6) is -0.196. The molecule has 1 atom stereocenters. The van der Waals surface area contributed by atoms with E-state index >= 15 is 0 Å². The molecule has 158 valence electrons. The van der Waals surface area contributed by atoms with E-state index in [1.165, 1.54) is 34.4 Å². The number of phenols is 1. The lowest BCUT2D eigenvalue weighted by molar-refractivity contribution is -0.119. The normalized spacial score (nSPS) is 12.1. The number of carbonyl (C=O) groups excluding carboxylic acids is 1. The van der Waals surface area contributed by atoms with Crippen LogP contribution in [0.25, 0.3) is 21.3 Å². The summed E-state index contributed by atoms with van der Waals surface area (Å²) in [7, 11) is 0. The average molecular weight is 498 g/mol. The van der Waals surface area contributed by atoms with Crippen molar-refractivity contribution in [2.45, 2.75) is 26.3 Å². The highest BCUT2D eigenvalue weighted by Crippen LogP contribution is 2.36.